The van der Waals surface area contributed by atoms with Gasteiger partial charge in [-0.3, -0.25) is 0 Å². The molecule has 18 aromatic carbocycles. The normalized spacial score (nSPS) is 14.9. The quantitative estimate of drug-likeness (QED) is 0.0943. The molecule has 17 nitrogen and oxygen atoms in total. The Morgan fingerprint density at radius 3 is 0.564 bits per heavy atom. The first-order valence-electron chi connectivity index (χ1n) is 49.6. The van der Waals surface area contributed by atoms with Crippen molar-refractivity contribution in [1.82, 2.24) is 44.9 Å². The predicted octanol–water partition coefficient (Wildman–Crippen LogP) is 32.2. The fourth-order valence-corrected chi connectivity index (χ4v) is 24.0. The first-order chi connectivity index (χ1) is 72.7. The van der Waals surface area contributed by atoms with Crippen LogP contribution in [0.2, 0.25) is 5.28 Å². The van der Waals surface area contributed by atoms with E-state index in [1.54, 1.807) is 23.5 Å². The molecule has 2 fully saturated rings. The largest absolute Gasteiger partial charge is 0.494 e. The van der Waals surface area contributed by atoms with Crippen LogP contribution in [-0.2, 0) is 18.6 Å². The van der Waals surface area contributed by atoms with Crippen molar-refractivity contribution in [1.29, 1.82) is 0 Å². The number of halogens is 1. The topological polar surface area (TPSA) is 166 Å². The van der Waals surface area contributed by atoms with Gasteiger partial charge in [0.05, 0.1) is 90.7 Å². The lowest BCUT2D eigenvalue weighted by Crippen LogP contribution is -2.41. The molecule has 0 amide bonds. The van der Waals surface area contributed by atoms with Crippen molar-refractivity contribution in [2.24, 2.45) is 0 Å². The lowest BCUT2D eigenvalue weighted by Gasteiger charge is -2.36. The summed E-state index contributed by atoms with van der Waals surface area (Å²) >= 11 is 13.2. The summed E-state index contributed by atoms with van der Waals surface area (Å²) in [4.78, 5) is 63.4. The summed E-state index contributed by atoms with van der Waals surface area (Å²) in [6.07, 6.45) is 0. The van der Waals surface area contributed by atoms with Gasteiger partial charge >= 0.3 is 14.2 Å². The van der Waals surface area contributed by atoms with E-state index in [0.29, 0.717) is 46.6 Å². The van der Waals surface area contributed by atoms with Crippen LogP contribution >= 0.6 is 58.6 Å². The summed E-state index contributed by atoms with van der Waals surface area (Å²) in [6.45, 7) is 16.9. The highest BCUT2D eigenvalue weighted by Gasteiger charge is 2.54. The molecule has 149 heavy (non-hydrogen) atoms. The number of hydrogen-bond acceptors (Lipinski definition) is 21. The Hall–Kier alpha value is -15.6. The van der Waals surface area contributed by atoms with E-state index in [4.69, 9.17) is 60.1 Å². The number of rotatable bonds is 14. The fourth-order valence-electron chi connectivity index (χ4n) is 19.6. The molecule has 24 heteroatoms. The average Bonchev–Trinajstić information content (AvgIpc) is 1.32. The highest BCUT2D eigenvalue weighted by atomic mass is 35.5. The summed E-state index contributed by atoms with van der Waals surface area (Å²) < 4.78 is 27.3. The third kappa shape index (κ3) is 17.9. The second-order valence-electron chi connectivity index (χ2n) is 39.0. The molecule has 0 spiro atoms. The van der Waals surface area contributed by atoms with Crippen molar-refractivity contribution >= 4 is 174 Å². The van der Waals surface area contributed by atoms with E-state index in [0.717, 1.165) is 165 Å². The Labute approximate surface area is 887 Å². The molecular formula is C125H94B2ClN13O4S4. The van der Waals surface area contributed by atoms with Crippen LogP contribution in [0.1, 0.15) is 55.4 Å². The van der Waals surface area contributed by atoms with Gasteiger partial charge in [0.25, 0.3) is 0 Å². The van der Waals surface area contributed by atoms with Crippen LogP contribution in [0.3, 0.4) is 0 Å². The monoisotopic (exact) mass is 2030 g/mol. The number of benzene rings is 18. The molecule has 0 N–H and O–H groups in total. The Bertz CT molecular complexity index is 7950. The van der Waals surface area contributed by atoms with Crippen LogP contribution in [0, 0.1) is 0 Å². The van der Waals surface area contributed by atoms with Crippen LogP contribution < -0.4 is 30.5 Å². The van der Waals surface area contributed by atoms with Gasteiger partial charge in [-0.25, -0.2) is 34.9 Å². The summed E-state index contributed by atoms with van der Waals surface area (Å²) in [5.41, 5.74) is 19.6. The maximum atomic E-state index is 6.83. The van der Waals surface area contributed by atoms with Crippen LogP contribution in [-0.4, -0.2) is 81.5 Å². The zero-order chi connectivity index (χ0) is 101. The number of fused-ring (bicyclic) bond motifs is 10. The van der Waals surface area contributed by atoms with Gasteiger partial charge in [-0.1, -0.05) is 338 Å². The molecule has 3 aromatic heterocycles. The Kier molecular flexibility index (Phi) is 24.6. The first-order valence-corrected chi connectivity index (χ1v) is 53.2. The van der Waals surface area contributed by atoms with Crippen molar-refractivity contribution in [3.05, 3.63) is 430 Å². The molecule has 6 aliphatic heterocycles. The molecule has 0 unspecified atom stereocenters. The van der Waals surface area contributed by atoms with Gasteiger partial charge in [0.1, 0.15) is 0 Å². The maximum Gasteiger partial charge on any atom is 0.494 e. The zero-order valence-corrected chi connectivity index (χ0v) is 86.5. The number of para-hydroxylation sites is 8. The first kappa shape index (κ1) is 94.4. The lowest BCUT2D eigenvalue weighted by atomic mass is 9.74. The Balaban J connectivity index is 0.000000134. The van der Waals surface area contributed by atoms with Crippen molar-refractivity contribution in [3.8, 4) is 91.1 Å². The minimum absolute atomic E-state index is 0.202. The molecule has 2 saturated heterocycles. The van der Waals surface area contributed by atoms with Crippen LogP contribution in [0.15, 0.2) is 464 Å². The Morgan fingerprint density at radius 1 is 0.188 bits per heavy atom. The molecular weight excluding hydrogens is 1930 g/mol. The number of nitrogens with zero attached hydrogens (tertiary/aromatic N) is 13. The van der Waals surface area contributed by atoms with E-state index in [-0.39, 0.29) is 5.28 Å². The summed E-state index contributed by atoms with van der Waals surface area (Å²) in [5.74, 6) is 4.63. The minimum Gasteiger partial charge on any atom is -0.399 e. The van der Waals surface area contributed by atoms with E-state index in [1.165, 1.54) is 19.6 Å². The van der Waals surface area contributed by atoms with E-state index in [2.05, 4.69) is 381 Å². The molecule has 27 rings (SSSR count). The number of aromatic nitrogens is 9. The molecule has 0 bridgehead atoms. The van der Waals surface area contributed by atoms with Crippen LogP contribution in [0.25, 0.3) is 113 Å². The zero-order valence-electron chi connectivity index (χ0n) is 82.5. The molecule has 6 aliphatic rings. The molecule has 21 aromatic rings. The van der Waals surface area contributed by atoms with Crippen molar-refractivity contribution in [2.75, 3.05) is 19.6 Å². The predicted molar refractivity (Wildman–Crippen MR) is 610 cm³/mol. The molecule has 0 saturated carbocycles. The average molecular weight is 2030 g/mol. The second-order valence-corrected chi connectivity index (χ2v) is 43.7. The number of hydrogen-bond donors (Lipinski definition) is 0. The lowest BCUT2D eigenvalue weighted by molar-refractivity contribution is 0.00578. The van der Waals surface area contributed by atoms with Crippen molar-refractivity contribution in [2.45, 2.75) is 117 Å². The second kappa shape index (κ2) is 38.9. The third-order valence-corrected chi connectivity index (χ3v) is 33.1. The van der Waals surface area contributed by atoms with Gasteiger partial charge < -0.3 is 38.2 Å². The standard InChI is InChI=1S/C64H40N8S2.C46H44B2N2O4S2.C15H10ClN3/c1-5-21-41(22-6-1)59-65-60(42-23-7-2-8-24-42)68-63(67-59)45-37-47-48(53(39-45)71-49-29-13-17-33-55(49)73-56-34-18-14-30-50(56)71)38-46(40-54(47)72-51-31-15-19-35-57(51)74-58-36-20-16-32-52(58)72)64-69-61(43-25-9-3-10-26-43)66-62(70-64)44-27-11-4-12-28-44;1-43(2)44(3,4)52-47(51-43)29-25-31-32(37(27-29)49-33-17-9-13-21-39(33)55-40-22-14-10-18-34(40)49)26-30(48-53-45(5,6)46(7,8)54-48)28-38(31)50-35-19-11-15-23-41(35)56-42-24-16-12-20-36(42)50;16-15-18-13(11-7-3-1-4-8-11)17-14(19-15)12-9-5-2-6-10-12/h1-40H;9-28H,1-8H3;1-10H. The van der Waals surface area contributed by atoms with Gasteiger partial charge in [0.15, 0.2) is 46.6 Å². The van der Waals surface area contributed by atoms with E-state index in [9.17, 15) is 0 Å². The minimum atomic E-state index is -0.583. The van der Waals surface area contributed by atoms with E-state index < -0.39 is 36.6 Å². The molecule has 9 heterocycles. The van der Waals surface area contributed by atoms with Crippen molar-refractivity contribution < 1.29 is 18.6 Å². The summed E-state index contributed by atoms with van der Waals surface area (Å²) in [5, 5.41) is 4.30. The fraction of sp³-hybridized carbons (Fsp3) is 0.0960. The van der Waals surface area contributed by atoms with Gasteiger partial charge in [-0.2, -0.15) is 9.97 Å². The smallest absolute Gasteiger partial charge is 0.399 e. The van der Waals surface area contributed by atoms with Crippen molar-refractivity contribution in [3.63, 3.8) is 0 Å². The van der Waals surface area contributed by atoms with Gasteiger partial charge in [-0.15, -0.1) is 0 Å². The Morgan fingerprint density at radius 2 is 0.356 bits per heavy atom. The number of anilines is 12. The SMILES string of the molecule is CC1(C)OB(c2cc(N3c4ccccc4Sc4ccccc43)c3cc(B4OC(C)(C)C(C)(C)O4)cc(N4c5ccccc5Sc5ccccc54)c3c2)OC1(C)C.Clc1nc(-c2ccccc2)nc(-c2ccccc2)n1.c1ccc(-c2nc(-c3ccccc3)nc(-c3cc(N4c5ccccc5Sc5ccccc54)c4cc(-c5nc(-c6ccccc6)nc(-c6ccccc6)n5)cc(N5c6ccccc6Sc6ccccc65)c4c3)n2)cc1. The molecule has 720 valence electrons. The van der Waals surface area contributed by atoms with E-state index >= 15 is 0 Å². The van der Waals surface area contributed by atoms with Gasteiger partial charge in [0.2, 0.25) is 5.28 Å². The third-order valence-electron chi connectivity index (χ3n) is 28.4. The van der Waals surface area contributed by atoms with Crippen LogP contribution in [0.4, 0.5) is 68.2 Å². The molecule has 0 radical (unpaired) electrons. The molecule has 0 aliphatic carbocycles. The highest BCUT2D eigenvalue weighted by Crippen LogP contribution is 2.61. The van der Waals surface area contributed by atoms with Gasteiger partial charge in [-0.05, 0) is 211 Å². The summed E-state index contributed by atoms with van der Waals surface area (Å²) in [6, 6.07) is 148. The van der Waals surface area contributed by atoms with E-state index in [1.807, 2.05) is 157 Å². The van der Waals surface area contributed by atoms with Gasteiger partial charge in [0, 0.05) is 105 Å². The van der Waals surface area contributed by atoms with Crippen LogP contribution in [0.5, 0.6) is 0 Å². The maximum absolute atomic E-state index is 6.83. The molecule has 0 atom stereocenters. The summed E-state index contributed by atoms with van der Waals surface area (Å²) in [7, 11) is -1.17. The highest BCUT2D eigenvalue weighted by molar-refractivity contribution is 8.00.